The second-order valence-electron chi connectivity index (χ2n) is 6.01. The molecule has 0 radical (unpaired) electrons. The van der Waals surface area contributed by atoms with Crippen molar-refractivity contribution < 1.29 is 4.79 Å². The zero-order valence-electron chi connectivity index (χ0n) is 14.5. The fraction of sp³-hybridized carbons (Fsp3) is 0.263. The lowest BCUT2D eigenvalue weighted by Gasteiger charge is -2.18. The summed E-state index contributed by atoms with van der Waals surface area (Å²) in [6, 6.07) is 12.0. The molecule has 0 aliphatic rings. The third-order valence-corrected chi connectivity index (χ3v) is 5.14. The summed E-state index contributed by atoms with van der Waals surface area (Å²) in [4.78, 5) is 15.3. The third-order valence-electron chi connectivity index (χ3n) is 4.14. The molecule has 25 heavy (non-hydrogen) atoms. The van der Waals surface area contributed by atoms with Crippen LogP contribution in [0.4, 0.5) is 4.79 Å². The minimum Gasteiger partial charge on any atom is -0.334 e. The van der Waals surface area contributed by atoms with Crippen LogP contribution in [0.15, 0.2) is 54.2 Å². The highest BCUT2D eigenvalue weighted by molar-refractivity contribution is 7.10. The molecule has 0 unspecified atom stereocenters. The summed E-state index contributed by atoms with van der Waals surface area (Å²) in [7, 11) is 1.82. The van der Waals surface area contributed by atoms with Gasteiger partial charge in [0.25, 0.3) is 0 Å². The van der Waals surface area contributed by atoms with Crippen LogP contribution in [-0.2, 0) is 19.6 Å². The van der Waals surface area contributed by atoms with Crippen LogP contribution in [0, 0.1) is 6.92 Å². The van der Waals surface area contributed by atoms with Gasteiger partial charge in [-0.2, -0.15) is 5.10 Å². The molecule has 2 aromatic heterocycles. The zero-order valence-corrected chi connectivity index (χ0v) is 15.3. The van der Waals surface area contributed by atoms with Crippen LogP contribution in [0.2, 0.25) is 0 Å². The Kier molecular flexibility index (Phi) is 5.50. The third kappa shape index (κ3) is 4.48. The van der Waals surface area contributed by atoms with E-state index in [2.05, 4.69) is 34.9 Å². The van der Waals surface area contributed by atoms with Crippen molar-refractivity contribution in [2.45, 2.75) is 26.6 Å². The van der Waals surface area contributed by atoms with Crippen LogP contribution in [0.1, 0.15) is 21.6 Å². The molecule has 1 N–H and O–H groups in total. The summed E-state index contributed by atoms with van der Waals surface area (Å²) in [5, 5.41) is 9.32. The summed E-state index contributed by atoms with van der Waals surface area (Å²) in [6.45, 7) is 3.90. The van der Waals surface area contributed by atoms with Gasteiger partial charge in [0.15, 0.2) is 0 Å². The normalized spacial score (nSPS) is 10.6. The number of benzene rings is 1. The number of rotatable bonds is 6. The van der Waals surface area contributed by atoms with Crippen LogP contribution in [0.3, 0.4) is 0 Å². The van der Waals surface area contributed by atoms with Crippen LogP contribution >= 0.6 is 11.3 Å². The summed E-state index contributed by atoms with van der Waals surface area (Å²) in [6.07, 6.45) is 3.71. The predicted octanol–water partition coefficient (Wildman–Crippen LogP) is 3.64. The van der Waals surface area contributed by atoms with E-state index in [1.807, 2.05) is 42.2 Å². The van der Waals surface area contributed by atoms with E-state index in [0.717, 1.165) is 11.1 Å². The van der Waals surface area contributed by atoms with Gasteiger partial charge in [0.05, 0.1) is 13.1 Å². The van der Waals surface area contributed by atoms with Gasteiger partial charge in [-0.15, -0.1) is 11.3 Å². The van der Waals surface area contributed by atoms with Gasteiger partial charge in [-0.3, -0.25) is 4.68 Å². The van der Waals surface area contributed by atoms with Gasteiger partial charge in [-0.1, -0.05) is 24.3 Å². The highest BCUT2D eigenvalue weighted by atomic mass is 32.1. The lowest BCUT2D eigenvalue weighted by atomic mass is 10.1. The summed E-state index contributed by atoms with van der Waals surface area (Å²) < 4.78 is 1.88. The molecule has 3 rings (SSSR count). The van der Waals surface area contributed by atoms with Gasteiger partial charge < -0.3 is 10.2 Å². The average Bonchev–Trinajstić information content (AvgIpc) is 3.26. The van der Waals surface area contributed by atoms with E-state index >= 15 is 0 Å². The highest BCUT2D eigenvalue weighted by Crippen LogP contribution is 2.17. The molecular weight excluding hydrogens is 332 g/mol. The van der Waals surface area contributed by atoms with Crippen molar-refractivity contribution in [2.24, 2.45) is 0 Å². The molecule has 0 spiro atoms. The molecule has 0 atom stereocenters. The number of urea groups is 1. The second kappa shape index (κ2) is 7.98. The Balaban J connectivity index is 1.59. The van der Waals surface area contributed by atoms with Crippen LogP contribution in [0.5, 0.6) is 0 Å². The van der Waals surface area contributed by atoms with Crippen molar-refractivity contribution in [3.8, 4) is 0 Å². The number of nitrogens with one attached hydrogen (secondary N) is 1. The number of hydrogen-bond donors (Lipinski definition) is 1. The molecule has 0 aliphatic carbocycles. The summed E-state index contributed by atoms with van der Waals surface area (Å²) >= 11 is 1.68. The quantitative estimate of drug-likeness (QED) is 0.735. The molecule has 0 fully saturated rings. The maximum absolute atomic E-state index is 12.4. The summed E-state index contributed by atoms with van der Waals surface area (Å²) in [5.41, 5.74) is 3.49. The van der Waals surface area contributed by atoms with E-state index in [9.17, 15) is 4.79 Å². The van der Waals surface area contributed by atoms with E-state index in [-0.39, 0.29) is 6.03 Å². The molecule has 1 aromatic carbocycles. The van der Waals surface area contributed by atoms with E-state index in [1.54, 1.807) is 22.4 Å². The molecule has 0 aliphatic heterocycles. The van der Waals surface area contributed by atoms with Crippen molar-refractivity contribution in [3.05, 3.63) is 75.7 Å². The molecule has 0 saturated carbocycles. The number of carbonyl (C=O) groups is 1. The molecule has 2 heterocycles. The van der Waals surface area contributed by atoms with Crippen molar-refractivity contribution in [1.29, 1.82) is 0 Å². The van der Waals surface area contributed by atoms with E-state index < -0.39 is 0 Å². The van der Waals surface area contributed by atoms with Crippen LogP contribution in [0.25, 0.3) is 0 Å². The molecular formula is C19H22N4OS. The molecule has 5 nitrogen and oxygen atoms in total. The lowest BCUT2D eigenvalue weighted by molar-refractivity contribution is 0.207. The monoisotopic (exact) mass is 354 g/mol. The number of carbonyl (C=O) groups excluding carboxylic acids is 1. The van der Waals surface area contributed by atoms with Crippen LogP contribution in [-0.4, -0.2) is 27.8 Å². The van der Waals surface area contributed by atoms with Crippen molar-refractivity contribution in [3.63, 3.8) is 0 Å². The maximum Gasteiger partial charge on any atom is 0.317 e. The Hall–Kier alpha value is -2.60. The van der Waals surface area contributed by atoms with Gasteiger partial charge >= 0.3 is 6.03 Å². The first-order chi connectivity index (χ1) is 12.1. The van der Waals surface area contributed by atoms with Gasteiger partial charge in [0.2, 0.25) is 0 Å². The Morgan fingerprint density at radius 3 is 2.72 bits per heavy atom. The second-order valence-corrected chi connectivity index (χ2v) is 7.01. The number of thiophene rings is 1. The lowest BCUT2D eigenvalue weighted by Crippen LogP contribution is -2.36. The first-order valence-corrected chi connectivity index (χ1v) is 9.07. The van der Waals surface area contributed by atoms with Crippen molar-refractivity contribution in [2.75, 3.05) is 7.05 Å². The SMILES string of the molecule is Cc1ccsc1CN(C)C(=O)NCc1ccccc1Cn1cccn1. The molecule has 0 saturated heterocycles. The number of nitrogens with zero attached hydrogens (tertiary/aromatic N) is 3. The van der Waals surface area contributed by atoms with E-state index in [0.29, 0.717) is 19.6 Å². The zero-order chi connectivity index (χ0) is 17.6. The number of aryl methyl sites for hydroxylation is 1. The summed E-state index contributed by atoms with van der Waals surface area (Å²) in [5.74, 6) is 0. The van der Waals surface area contributed by atoms with E-state index in [1.165, 1.54) is 10.4 Å². The largest absolute Gasteiger partial charge is 0.334 e. The number of hydrogen-bond acceptors (Lipinski definition) is 3. The van der Waals surface area contributed by atoms with Gasteiger partial charge in [-0.25, -0.2) is 4.79 Å². The van der Waals surface area contributed by atoms with Gasteiger partial charge in [-0.05, 0) is 41.1 Å². The van der Waals surface area contributed by atoms with E-state index in [4.69, 9.17) is 0 Å². The average molecular weight is 354 g/mol. The maximum atomic E-state index is 12.4. The molecule has 0 bridgehead atoms. The molecule has 130 valence electrons. The topological polar surface area (TPSA) is 50.2 Å². The highest BCUT2D eigenvalue weighted by Gasteiger charge is 2.12. The minimum atomic E-state index is -0.0679. The van der Waals surface area contributed by atoms with Crippen molar-refractivity contribution in [1.82, 2.24) is 20.0 Å². The fourth-order valence-electron chi connectivity index (χ4n) is 2.61. The minimum absolute atomic E-state index is 0.0679. The number of aromatic nitrogens is 2. The first-order valence-electron chi connectivity index (χ1n) is 8.19. The standard InChI is InChI=1S/C19H22N4OS/c1-15-8-11-25-18(15)14-22(2)19(24)20-12-16-6-3-4-7-17(16)13-23-10-5-9-21-23/h3-11H,12-14H2,1-2H3,(H,20,24). The molecule has 2 amide bonds. The van der Waals surface area contributed by atoms with Gasteiger partial charge in [0, 0.05) is 30.9 Å². The Labute approximate surface area is 151 Å². The Morgan fingerprint density at radius 1 is 1.24 bits per heavy atom. The molecule has 3 aromatic rings. The van der Waals surface area contributed by atoms with Crippen LogP contribution < -0.4 is 5.32 Å². The smallest absolute Gasteiger partial charge is 0.317 e. The Morgan fingerprint density at radius 2 is 2.04 bits per heavy atom. The first kappa shape index (κ1) is 17.2. The van der Waals surface area contributed by atoms with Gasteiger partial charge in [0.1, 0.15) is 0 Å². The molecule has 6 heteroatoms. The predicted molar refractivity (Wildman–Crippen MR) is 101 cm³/mol. The Bertz CT molecular complexity index is 826. The fourth-order valence-corrected chi connectivity index (χ4v) is 3.57. The van der Waals surface area contributed by atoms with Crippen molar-refractivity contribution >= 4 is 17.4 Å². The number of amides is 2.